The van der Waals surface area contributed by atoms with Gasteiger partial charge in [-0.25, -0.2) is 4.39 Å². The van der Waals surface area contributed by atoms with Crippen LogP contribution in [0.2, 0.25) is 0 Å². The Bertz CT molecular complexity index is 467. The highest BCUT2D eigenvalue weighted by atomic mass is 19.1. The van der Waals surface area contributed by atoms with Crippen LogP contribution >= 0.6 is 0 Å². The smallest absolute Gasteiger partial charge is 0.128 e. The highest BCUT2D eigenvalue weighted by Crippen LogP contribution is 2.44. The second-order valence-corrected chi connectivity index (χ2v) is 5.66. The molecule has 1 aromatic carbocycles. The van der Waals surface area contributed by atoms with Crippen LogP contribution in [0.4, 0.5) is 4.39 Å². The Morgan fingerprint density at radius 2 is 2.22 bits per heavy atom. The monoisotopic (exact) mass is 251 g/mol. The van der Waals surface area contributed by atoms with Crippen LogP contribution in [-0.2, 0) is 0 Å². The van der Waals surface area contributed by atoms with Gasteiger partial charge in [0.1, 0.15) is 17.2 Å². The van der Waals surface area contributed by atoms with Crippen LogP contribution in [-0.4, -0.2) is 35.2 Å². The molecular weight excluding hydrogens is 233 g/mol. The number of aliphatic hydroxyl groups is 1. The zero-order valence-electron chi connectivity index (χ0n) is 10.7. The number of benzene rings is 1. The van der Waals surface area contributed by atoms with Crippen LogP contribution in [0.25, 0.3) is 0 Å². The molecule has 0 bridgehead atoms. The Morgan fingerprint density at radius 1 is 1.44 bits per heavy atom. The summed E-state index contributed by atoms with van der Waals surface area (Å²) in [5, 5.41) is 10.2. The summed E-state index contributed by atoms with van der Waals surface area (Å²) in [6.07, 6.45) is 0.893. The number of rotatable bonds is 0. The van der Waals surface area contributed by atoms with Crippen molar-refractivity contribution in [1.29, 1.82) is 0 Å². The third kappa shape index (κ3) is 1.80. The van der Waals surface area contributed by atoms with E-state index in [9.17, 15) is 9.50 Å². The maximum Gasteiger partial charge on any atom is 0.128 e. The lowest BCUT2D eigenvalue weighted by Crippen LogP contribution is -2.43. The van der Waals surface area contributed by atoms with Crippen LogP contribution < -0.4 is 4.74 Å². The summed E-state index contributed by atoms with van der Waals surface area (Å²) < 4.78 is 19.3. The lowest BCUT2D eigenvalue weighted by Gasteiger charge is -2.38. The van der Waals surface area contributed by atoms with Gasteiger partial charge in [-0.3, -0.25) is 4.90 Å². The molecule has 1 N–H and O–H groups in total. The molecule has 1 spiro atoms. The van der Waals surface area contributed by atoms with Gasteiger partial charge >= 0.3 is 0 Å². The topological polar surface area (TPSA) is 32.7 Å². The molecule has 4 heteroatoms. The molecular formula is C14H18FNO2. The molecule has 2 aliphatic rings. The van der Waals surface area contributed by atoms with Crippen LogP contribution in [0.5, 0.6) is 5.75 Å². The van der Waals surface area contributed by atoms with Gasteiger partial charge in [-0.15, -0.1) is 0 Å². The zero-order chi connectivity index (χ0) is 12.9. The van der Waals surface area contributed by atoms with E-state index in [-0.39, 0.29) is 11.4 Å². The summed E-state index contributed by atoms with van der Waals surface area (Å²) in [5.74, 6) is 0.175. The molecule has 0 aromatic heterocycles. The van der Waals surface area contributed by atoms with E-state index < -0.39 is 6.10 Å². The number of hydrogen-bond donors (Lipinski definition) is 1. The van der Waals surface area contributed by atoms with Crippen molar-refractivity contribution < 1.29 is 14.2 Å². The maximum absolute atomic E-state index is 13.3. The first kappa shape index (κ1) is 11.9. The summed E-state index contributed by atoms with van der Waals surface area (Å²) in [5.41, 5.74) is 0.332. The zero-order valence-corrected chi connectivity index (χ0v) is 10.7. The number of fused-ring (bicyclic) bond motifs is 1. The van der Waals surface area contributed by atoms with Gasteiger partial charge in [0, 0.05) is 37.1 Å². The summed E-state index contributed by atoms with van der Waals surface area (Å²) >= 11 is 0. The number of likely N-dealkylation sites (N-methyl/N-ethyl adjacent to an activating group) is 1. The van der Waals surface area contributed by atoms with Crippen molar-refractivity contribution in [2.75, 3.05) is 13.6 Å². The second-order valence-electron chi connectivity index (χ2n) is 5.66. The van der Waals surface area contributed by atoms with Crippen molar-refractivity contribution in [2.45, 2.75) is 37.5 Å². The Hall–Kier alpha value is -1.13. The summed E-state index contributed by atoms with van der Waals surface area (Å²) in [6, 6.07) is 4.78. The molecule has 3 nitrogen and oxygen atoms in total. The van der Waals surface area contributed by atoms with Gasteiger partial charge < -0.3 is 9.84 Å². The average Bonchev–Trinajstić information content (AvgIpc) is 2.52. The summed E-state index contributed by atoms with van der Waals surface area (Å²) in [6.45, 7) is 2.92. The highest BCUT2D eigenvalue weighted by molar-refractivity contribution is 5.39. The van der Waals surface area contributed by atoms with Crippen LogP contribution in [0.15, 0.2) is 18.2 Å². The van der Waals surface area contributed by atoms with E-state index in [4.69, 9.17) is 4.74 Å². The van der Waals surface area contributed by atoms with Gasteiger partial charge in [0.15, 0.2) is 0 Å². The van der Waals surface area contributed by atoms with Crippen LogP contribution in [0.1, 0.15) is 31.4 Å². The van der Waals surface area contributed by atoms with Gasteiger partial charge in [0.2, 0.25) is 0 Å². The Labute approximate surface area is 106 Å². The third-order valence-corrected chi connectivity index (χ3v) is 4.18. The Morgan fingerprint density at radius 3 is 2.89 bits per heavy atom. The predicted molar refractivity (Wildman–Crippen MR) is 66.0 cm³/mol. The molecule has 1 fully saturated rings. The minimum absolute atomic E-state index is 0.322. The van der Waals surface area contributed by atoms with Gasteiger partial charge in [0.25, 0.3) is 0 Å². The second kappa shape index (κ2) is 3.93. The lowest BCUT2D eigenvalue weighted by atomic mass is 9.87. The Balaban J connectivity index is 1.96. The van der Waals surface area contributed by atoms with Crippen LogP contribution in [0, 0.1) is 5.82 Å². The molecule has 18 heavy (non-hydrogen) atoms. The van der Waals surface area contributed by atoms with E-state index in [2.05, 4.69) is 18.9 Å². The highest BCUT2D eigenvalue weighted by Gasteiger charge is 2.47. The number of likely N-dealkylation sites (tertiary alicyclic amines) is 1. The van der Waals surface area contributed by atoms with E-state index in [0.29, 0.717) is 23.8 Å². The van der Waals surface area contributed by atoms with Crippen molar-refractivity contribution in [3.05, 3.63) is 29.6 Å². The van der Waals surface area contributed by atoms with E-state index in [1.807, 2.05) is 0 Å². The number of ether oxygens (including phenoxy) is 1. The van der Waals surface area contributed by atoms with E-state index in [1.54, 1.807) is 6.07 Å². The van der Waals surface area contributed by atoms with Crippen molar-refractivity contribution in [3.8, 4) is 5.75 Å². The lowest BCUT2D eigenvalue weighted by molar-refractivity contribution is -0.00636. The van der Waals surface area contributed by atoms with E-state index in [1.165, 1.54) is 12.1 Å². The molecule has 98 valence electrons. The fourth-order valence-corrected chi connectivity index (χ4v) is 3.20. The minimum Gasteiger partial charge on any atom is -0.485 e. The SMILES string of the molecule is CC1CC2(CC(O)c3ccc(F)cc3O2)CN1C. The summed E-state index contributed by atoms with van der Waals surface area (Å²) in [4.78, 5) is 2.22. The van der Waals surface area contributed by atoms with Gasteiger partial charge in [-0.2, -0.15) is 0 Å². The Kier molecular flexibility index (Phi) is 2.61. The van der Waals surface area contributed by atoms with Crippen LogP contribution in [0.3, 0.4) is 0 Å². The van der Waals surface area contributed by atoms with E-state index in [0.717, 1.165) is 13.0 Å². The number of halogens is 1. The molecule has 3 unspecified atom stereocenters. The molecule has 0 radical (unpaired) electrons. The molecule has 2 aliphatic heterocycles. The molecule has 0 amide bonds. The van der Waals surface area contributed by atoms with Crippen molar-refractivity contribution >= 4 is 0 Å². The fraction of sp³-hybridized carbons (Fsp3) is 0.571. The largest absolute Gasteiger partial charge is 0.485 e. The number of aliphatic hydroxyl groups excluding tert-OH is 1. The maximum atomic E-state index is 13.3. The standard InChI is InChI=1S/C14H18FNO2/c1-9-6-14(8-16(9)2)7-12(17)11-4-3-10(15)5-13(11)18-14/h3-5,9,12,17H,6-8H2,1-2H3. The first-order valence-corrected chi connectivity index (χ1v) is 6.36. The van der Waals surface area contributed by atoms with E-state index >= 15 is 0 Å². The number of nitrogens with zero attached hydrogens (tertiary/aromatic N) is 1. The predicted octanol–water partition coefficient (Wildman–Crippen LogP) is 2.10. The first-order valence-electron chi connectivity index (χ1n) is 6.36. The number of hydrogen-bond acceptors (Lipinski definition) is 3. The van der Waals surface area contributed by atoms with Crippen molar-refractivity contribution in [1.82, 2.24) is 4.90 Å². The quantitative estimate of drug-likeness (QED) is 0.766. The summed E-state index contributed by atoms with van der Waals surface area (Å²) in [7, 11) is 2.05. The molecule has 0 aliphatic carbocycles. The molecule has 3 rings (SSSR count). The average molecular weight is 251 g/mol. The van der Waals surface area contributed by atoms with Gasteiger partial charge in [0.05, 0.1) is 6.10 Å². The molecule has 1 aromatic rings. The van der Waals surface area contributed by atoms with Gasteiger partial charge in [-0.1, -0.05) is 0 Å². The first-order chi connectivity index (χ1) is 8.49. The molecule has 0 saturated carbocycles. The fourth-order valence-electron chi connectivity index (χ4n) is 3.20. The van der Waals surface area contributed by atoms with Crippen molar-refractivity contribution in [3.63, 3.8) is 0 Å². The minimum atomic E-state index is -0.562. The molecule has 1 saturated heterocycles. The normalized spacial score (nSPS) is 35.6. The van der Waals surface area contributed by atoms with Crippen molar-refractivity contribution in [2.24, 2.45) is 0 Å². The molecule has 3 atom stereocenters. The van der Waals surface area contributed by atoms with Gasteiger partial charge in [-0.05, 0) is 26.1 Å². The third-order valence-electron chi connectivity index (χ3n) is 4.18. The molecule has 2 heterocycles.